The highest BCUT2D eigenvalue weighted by molar-refractivity contribution is 5.91. The number of hydrogen-bond acceptors (Lipinski definition) is 4. The number of nitrogens with zero attached hydrogens (tertiary/aromatic N) is 2. The fourth-order valence-electron chi connectivity index (χ4n) is 2.42. The molecule has 2 rings (SSSR count). The maximum absolute atomic E-state index is 12.1. The highest BCUT2D eigenvalue weighted by Crippen LogP contribution is 2.20. The molecule has 2 N–H and O–H groups in total. The normalized spacial score (nSPS) is 17.2. The fourth-order valence-corrected chi connectivity index (χ4v) is 2.42. The van der Waals surface area contributed by atoms with Gasteiger partial charge in [-0.3, -0.25) is 14.7 Å². The van der Waals surface area contributed by atoms with Crippen molar-refractivity contribution in [2.45, 2.75) is 25.8 Å². The second kappa shape index (κ2) is 6.12. The van der Waals surface area contributed by atoms with Crippen LogP contribution in [0.5, 0.6) is 0 Å². The number of anilines is 1. The van der Waals surface area contributed by atoms with Gasteiger partial charge in [-0.05, 0) is 26.0 Å². The summed E-state index contributed by atoms with van der Waals surface area (Å²) in [5.41, 5.74) is 0.690. The van der Waals surface area contributed by atoms with E-state index in [1.165, 1.54) is 0 Å². The predicted molar refractivity (Wildman–Crippen MR) is 76.0 cm³/mol. The third-order valence-corrected chi connectivity index (χ3v) is 3.53. The number of rotatable bonds is 4. The first-order valence-corrected chi connectivity index (χ1v) is 6.73. The fraction of sp³-hybridized carbons (Fsp3) is 0.571. The Balaban J connectivity index is 1.90. The first kappa shape index (κ1) is 14.0. The zero-order valence-corrected chi connectivity index (χ0v) is 11.6. The SMILES string of the molecule is CC(C)(CC(=O)Nc1ccncc1)N1CCNCC1. The Labute approximate surface area is 114 Å². The van der Waals surface area contributed by atoms with Gasteiger partial charge in [-0.1, -0.05) is 0 Å². The second-order valence-corrected chi connectivity index (χ2v) is 5.51. The third kappa shape index (κ3) is 4.01. The minimum absolute atomic E-state index is 0.0507. The number of carbonyl (C=O) groups is 1. The number of hydrogen-bond donors (Lipinski definition) is 2. The molecule has 5 nitrogen and oxygen atoms in total. The van der Waals surface area contributed by atoms with E-state index in [0.717, 1.165) is 31.9 Å². The summed E-state index contributed by atoms with van der Waals surface area (Å²) in [5.74, 6) is 0.0507. The van der Waals surface area contributed by atoms with E-state index in [9.17, 15) is 4.79 Å². The van der Waals surface area contributed by atoms with Crippen molar-refractivity contribution in [3.63, 3.8) is 0 Å². The van der Waals surface area contributed by atoms with E-state index >= 15 is 0 Å². The van der Waals surface area contributed by atoms with Crippen molar-refractivity contribution in [2.24, 2.45) is 0 Å². The summed E-state index contributed by atoms with van der Waals surface area (Å²) >= 11 is 0. The molecule has 0 unspecified atom stereocenters. The lowest BCUT2D eigenvalue weighted by atomic mass is 9.96. The summed E-state index contributed by atoms with van der Waals surface area (Å²) < 4.78 is 0. The van der Waals surface area contributed by atoms with Crippen molar-refractivity contribution in [2.75, 3.05) is 31.5 Å². The van der Waals surface area contributed by atoms with Gasteiger partial charge in [-0.15, -0.1) is 0 Å². The van der Waals surface area contributed by atoms with Crippen molar-refractivity contribution in [3.05, 3.63) is 24.5 Å². The van der Waals surface area contributed by atoms with E-state index in [1.807, 2.05) is 0 Å². The molecule has 0 saturated carbocycles. The van der Waals surface area contributed by atoms with Gasteiger partial charge in [0.1, 0.15) is 0 Å². The van der Waals surface area contributed by atoms with Gasteiger partial charge >= 0.3 is 0 Å². The maximum Gasteiger partial charge on any atom is 0.226 e. The summed E-state index contributed by atoms with van der Waals surface area (Å²) in [4.78, 5) is 18.4. The lowest BCUT2D eigenvalue weighted by Crippen LogP contribution is -2.54. The molecule has 1 aliphatic rings. The molecule has 0 aromatic carbocycles. The zero-order valence-electron chi connectivity index (χ0n) is 11.6. The van der Waals surface area contributed by atoms with Gasteiger partial charge in [0.15, 0.2) is 0 Å². The molecule has 0 aliphatic carbocycles. The quantitative estimate of drug-likeness (QED) is 0.853. The molecule has 104 valence electrons. The number of carbonyl (C=O) groups excluding carboxylic acids is 1. The second-order valence-electron chi connectivity index (χ2n) is 5.51. The molecule has 0 spiro atoms. The Morgan fingerprint density at radius 2 is 2.00 bits per heavy atom. The molecule has 1 aromatic rings. The van der Waals surface area contributed by atoms with E-state index in [-0.39, 0.29) is 11.4 Å². The van der Waals surface area contributed by atoms with Crippen molar-refractivity contribution in [3.8, 4) is 0 Å². The van der Waals surface area contributed by atoms with Crippen LogP contribution in [0.1, 0.15) is 20.3 Å². The van der Waals surface area contributed by atoms with Crippen LogP contribution in [0.2, 0.25) is 0 Å². The van der Waals surface area contributed by atoms with Gasteiger partial charge < -0.3 is 10.6 Å². The average molecular weight is 262 g/mol. The molecule has 5 heteroatoms. The molecule has 1 fully saturated rings. The van der Waals surface area contributed by atoms with Gasteiger partial charge in [0.05, 0.1) is 0 Å². The van der Waals surface area contributed by atoms with Crippen LogP contribution in [-0.4, -0.2) is 47.5 Å². The van der Waals surface area contributed by atoms with Gasteiger partial charge in [-0.25, -0.2) is 0 Å². The molecule has 2 heterocycles. The van der Waals surface area contributed by atoms with Crippen molar-refractivity contribution in [1.82, 2.24) is 15.2 Å². The first-order valence-electron chi connectivity index (χ1n) is 6.73. The average Bonchev–Trinajstić information content (AvgIpc) is 2.40. The lowest BCUT2D eigenvalue weighted by Gasteiger charge is -2.40. The molecule has 1 aromatic heterocycles. The molecule has 19 heavy (non-hydrogen) atoms. The summed E-state index contributed by atoms with van der Waals surface area (Å²) in [6.07, 6.45) is 3.85. The van der Waals surface area contributed by atoms with E-state index in [0.29, 0.717) is 6.42 Å². The van der Waals surface area contributed by atoms with Gasteiger partial charge in [0.25, 0.3) is 0 Å². The Morgan fingerprint density at radius 1 is 1.37 bits per heavy atom. The number of piperazine rings is 1. The van der Waals surface area contributed by atoms with Crippen LogP contribution in [0.3, 0.4) is 0 Å². The standard InChI is InChI=1S/C14H22N4O/c1-14(2,18-9-7-16-8-10-18)11-13(19)17-12-3-5-15-6-4-12/h3-6,16H,7-11H2,1-2H3,(H,15,17,19). The maximum atomic E-state index is 12.1. The molecule has 0 bridgehead atoms. The Bertz CT molecular complexity index is 413. The van der Waals surface area contributed by atoms with Gasteiger partial charge in [-0.2, -0.15) is 0 Å². The lowest BCUT2D eigenvalue weighted by molar-refractivity contribution is -0.118. The Morgan fingerprint density at radius 3 is 2.63 bits per heavy atom. The highest BCUT2D eigenvalue weighted by Gasteiger charge is 2.30. The number of nitrogens with one attached hydrogen (secondary N) is 2. The largest absolute Gasteiger partial charge is 0.326 e. The predicted octanol–water partition coefficient (Wildman–Crippen LogP) is 1.09. The molecule has 1 amide bonds. The minimum Gasteiger partial charge on any atom is -0.326 e. The molecule has 1 saturated heterocycles. The van der Waals surface area contributed by atoms with E-state index in [4.69, 9.17) is 0 Å². The number of pyridine rings is 1. The minimum atomic E-state index is -0.112. The summed E-state index contributed by atoms with van der Waals surface area (Å²) in [5, 5.41) is 6.25. The van der Waals surface area contributed by atoms with E-state index in [2.05, 4.69) is 34.4 Å². The van der Waals surface area contributed by atoms with Crippen LogP contribution in [-0.2, 0) is 4.79 Å². The van der Waals surface area contributed by atoms with Crippen LogP contribution >= 0.6 is 0 Å². The topological polar surface area (TPSA) is 57.3 Å². The zero-order chi connectivity index (χ0) is 13.7. The molecule has 0 atom stereocenters. The Hall–Kier alpha value is -1.46. The third-order valence-electron chi connectivity index (χ3n) is 3.53. The first-order chi connectivity index (χ1) is 9.08. The van der Waals surface area contributed by atoms with Crippen LogP contribution in [0, 0.1) is 0 Å². The van der Waals surface area contributed by atoms with Crippen LogP contribution in [0.25, 0.3) is 0 Å². The molecule has 1 aliphatic heterocycles. The Kier molecular flexibility index (Phi) is 4.50. The van der Waals surface area contributed by atoms with E-state index in [1.54, 1.807) is 24.5 Å². The molecular weight excluding hydrogens is 240 g/mol. The summed E-state index contributed by atoms with van der Waals surface area (Å²) in [6.45, 7) is 8.24. The van der Waals surface area contributed by atoms with Crippen molar-refractivity contribution in [1.29, 1.82) is 0 Å². The molecule has 0 radical (unpaired) electrons. The highest BCUT2D eigenvalue weighted by atomic mass is 16.1. The summed E-state index contributed by atoms with van der Waals surface area (Å²) in [6, 6.07) is 3.60. The van der Waals surface area contributed by atoms with E-state index < -0.39 is 0 Å². The van der Waals surface area contributed by atoms with Crippen LogP contribution in [0.15, 0.2) is 24.5 Å². The van der Waals surface area contributed by atoms with Crippen LogP contribution < -0.4 is 10.6 Å². The number of amides is 1. The van der Waals surface area contributed by atoms with Crippen LogP contribution in [0.4, 0.5) is 5.69 Å². The molecular formula is C14H22N4O. The monoisotopic (exact) mass is 262 g/mol. The van der Waals surface area contributed by atoms with Gasteiger partial charge in [0, 0.05) is 56.2 Å². The van der Waals surface area contributed by atoms with Gasteiger partial charge in [0.2, 0.25) is 5.91 Å². The number of aromatic nitrogens is 1. The smallest absolute Gasteiger partial charge is 0.226 e. The van der Waals surface area contributed by atoms with Crippen molar-refractivity contribution < 1.29 is 4.79 Å². The summed E-state index contributed by atoms with van der Waals surface area (Å²) in [7, 11) is 0. The van der Waals surface area contributed by atoms with Crippen molar-refractivity contribution >= 4 is 11.6 Å².